The molecule has 0 aliphatic heterocycles. The predicted octanol–water partition coefficient (Wildman–Crippen LogP) is 4.41. The minimum Gasteiger partial charge on any atom is -0.207 e. The minimum atomic E-state index is -5.40. The number of hydrogen-bond donors (Lipinski definition) is 0. The van der Waals surface area contributed by atoms with Crippen LogP contribution in [0.15, 0.2) is 21.5 Å². The van der Waals surface area contributed by atoms with Crippen LogP contribution >= 0.6 is 26.6 Å². The molecule has 0 saturated heterocycles. The molecule has 0 fully saturated rings. The molecule has 0 N–H and O–H groups in total. The van der Waals surface area contributed by atoms with Crippen molar-refractivity contribution >= 4 is 35.7 Å². The second-order valence-electron chi connectivity index (χ2n) is 3.23. The van der Waals surface area contributed by atoms with Crippen molar-refractivity contribution in [1.29, 1.82) is 0 Å². The third kappa shape index (κ3) is 3.54. The predicted molar refractivity (Wildman–Crippen MR) is 57.2 cm³/mol. The van der Waals surface area contributed by atoms with E-state index in [1.807, 2.05) is 0 Å². The maximum absolute atomic E-state index is 12.6. The average molecular weight is 392 g/mol. The summed E-state index contributed by atoms with van der Waals surface area (Å²) in [5.74, 6) is 0. The SMILES string of the molecule is O=S(=O)(Cl)c1ccc(C(F)(F)F)c(C(F)(F)F)c1Br. The van der Waals surface area contributed by atoms with Crippen molar-refractivity contribution in [3.05, 3.63) is 27.7 Å². The first-order valence-electron chi connectivity index (χ1n) is 4.18. The molecule has 11 heteroatoms. The molecule has 1 rings (SSSR count). The molecule has 0 spiro atoms. The van der Waals surface area contributed by atoms with E-state index in [2.05, 4.69) is 15.9 Å². The molecule has 1 aromatic rings. The monoisotopic (exact) mass is 390 g/mol. The highest BCUT2D eigenvalue weighted by Gasteiger charge is 2.45. The third-order valence-electron chi connectivity index (χ3n) is 1.96. The number of halogens is 8. The van der Waals surface area contributed by atoms with Crippen LogP contribution in [0.1, 0.15) is 11.1 Å². The Hall–Kier alpha value is -0.480. The highest BCUT2D eigenvalue weighted by atomic mass is 79.9. The molecule has 0 saturated carbocycles. The van der Waals surface area contributed by atoms with Crippen molar-refractivity contribution in [1.82, 2.24) is 0 Å². The number of alkyl halides is 6. The lowest BCUT2D eigenvalue weighted by molar-refractivity contribution is -0.162. The summed E-state index contributed by atoms with van der Waals surface area (Å²) in [5.41, 5.74) is -4.14. The smallest absolute Gasteiger partial charge is 0.207 e. The fourth-order valence-corrected chi connectivity index (χ4v) is 3.68. The van der Waals surface area contributed by atoms with Crippen LogP contribution in [0.4, 0.5) is 26.3 Å². The molecule has 0 aromatic heterocycles. The summed E-state index contributed by atoms with van der Waals surface area (Å²) in [6.07, 6.45) is -10.7. The van der Waals surface area contributed by atoms with Gasteiger partial charge in [-0.25, -0.2) is 8.42 Å². The Morgan fingerprint density at radius 1 is 1.00 bits per heavy atom. The van der Waals surface area contributed by atoms with E-state index in [1.54, 1.807) is 0 Å². The molecular weight excluding hydrogens is 389 g/mol. The van der Waals surface area contributed by atoms with Gasteiger partial charge in [0, 0.05) is 10.7 Å². The van der Waals surface area contributed by atoms with Crippen molar-refractivity contribution in [2.45, 2.75) is 17.2 Å². The van der Waals surface area contributed by atoms with E-state index in [-0.39, 0.29) is 6.07 Å². The van der Waals surface area contributed by atoms with Gasteiger partial charge in [-0.2, -0.15) is 26.3 Å². The maximum atomic E-state index is 12.6. The van der Waals surface area contributed by atoms with Gasteiger partial charge in [-0.1, -0.05) is 0 Å². The average Bonchev–Trinajstić information content (AvgIpc) is 2.11. The van der Waals surface area contributed by atoms with Gasteiger partial charge in [-0.15, -0.1) is 0 Å². The summed E-state index contributed by atoms with van der Waals surface area (Å²) in [6, 6.07) is 0.368. The molecule has 108 valence electrons. The number of hydrogen-bond acceptors (Lipinski definition) is 2. The molecule has 0 amide bonds. The van der Waals surface area contributed by atoms with E-state index in [1.165, 1.54) is 0 Å². The summed E-state index contributed by atoms with van der Waals surface area (Å²) >= 11 is 2.21. The van der Waals surface area contributed by atoms with Gasteiger partial charge >= 0.3 is 12.4 Å². The third-order valence-corrected chi connectivity index (χ3v) is 4.41. The van der Waals surface area contributed by atoms with Gasteiger partial charge < -0.3 is 0 Å². The van der Waals surface area contributed by atoms with Crippen molar-refractivity contribution in [3.63, 3.8) is 0 Å². The summed E-state index contributed by atoms with van der Waals surface area (Å²) in [5, 5.41) is 0. The van der Waals surface area contributed by atoms with Crippen LogP contribution in [0.5, 0.6) is 0 Å². The topological polar surface area (TPSA) is 34.1 Å². The number of benzene rings is 1. The first kappa shape index (κ1) is 16.6. The lowest BCUT2D eigenvalue weighted by Crippen LogP contribution is -2.18. The normalized spacial score (nSPS) is 13.7. The summed E-state index contributed by atoms with van der Waals surface area (Å²) in [6.45, 7) is 0. The van der Waals surface area contributed by atoms with E-state index in [4.69, 9.17) is 10.7 Å². The fourth-order valence-electron chi connectivity index (χ4n) is 1.26. The van der Waals surface area contributed by atoms with Crippen LogP contribution in [-0.4, -0.2) is 8.42 Å². The molecular formula is C8H2BrClF6O2S. The molecule has 19 heavy (non-hydrogen) atoms. The molecule has 0 aliphatic carbocycles. The Kier molecular flexibility index (Phi) is 4.20. The summed E-state index contributed by atoms with van der Waals surface area (Å²) in [4.78, 5) is -1.09. The van der Waals surface area contributed by atoms with Crippen molar-refractivity contribution in [2.24, 2.45) is 0 Å². The Labute approximate surface area is 115 Å². The van der Waals surface area contributed by atoms with E-state index < -0.39 is 41.9 Å². The maximum Gasteiger partial charge on any atom is 0.418 e. The molecule has 0 aliphatic rings. The van der Waals surface area contributed by atoms with Gasteiger partial charge in [-0.3, -0.25) is 0 Å². The van der Waals surface area contributed by atoms with Crippen LogP contribution in [0.3, 0.4) is 0 Å². The zero-order valence-electron chi connectivity index (χ0n) is 8.40. The fraction of sp³-hybridized carbons (Fsp3) is 0.250. The highest BCUT2D eigenvalue weighted by molar-refractivity contribution is 9.10. The standard InChI is InChI=1S/C8H2BrClF6O2S/c9-6-4(19(10,17)18)2-1-3(7(11,12)13)5(6)8(14,15)16/h1-2H. The van der Waals surface area contributed by atoms with Gasteiger partial charge in [0.1, 0.15) is 0 Å². The van der Waals surface area contributed by atoms with E-state index in [0.717, 1.165) is 0 Å². The lowest BCUT2D eigenvalue weighted by atomic mass is 10.1. The molecule has 1 aromatic carbocycles. The highest BCUT2D eigenvalue weighted by Crippen LogP contribution is 2.46. The zero-order chi connectivity index (χ0) is 15.2. The molecule has 0 heterocycles. The van der Waals surface area contributed by atoms with Crippen LogP contribution in [-0.2, 0) is 21.4 Å². The summed E-state index contributed by atoms with van der Waals surface area (Å²) in [7, 11) is 0.226. The zero-order valence-corrected chi connectivity index (χ0v) is 11.6. The Bertz CT molecular complexity index is 607. The van der Waals surface area contributed by atoms with Crippen LogP contribution in [0, 0.1) is 0 Å². The Balaban J connectivity index is 3.81. The van der Waals surface area contributed by atoms with E-state index in [9.17, 15) is 34.8 Å². The minimum absolute atomic E-state index is 0.0167. The first-order valence-corrected chi connectivity index (χ1v) is 7.28. The van der Waals surface area contributed by atoms with Crippen molar-refractivity contribution in [2.75, 3.05) is 0 Å². The lowest BCUT2D eigenvalue weighted by Gasteiger charge is -2.18. The Morgan fingerprint density at radius 2 is 1.47 bits per heavy atom. The quantitative estimate of drug-likeness (QED) is 0.525. The van der Waals surface area contributed by atoms with Crippen molar-refractivity contribution in [3.8, 4) is 0 Å². The van der Waals surface area contributed by atoms with Gasteiger partial charge in [0.2, 0.25) is 0 Å². The van der Waals surface area contributed by atoms with Crippen molar-refractivity contribution < 1.29 is 34.8 Å². The van der Waals surface area contributed by atoms with Gasteiger partial charge in [0.15, 0.2) is 0 Å². The Morgan fingerprint density at radius 3 is 1.79 bits per heavy atom. The van der Waals surface area contributed by atoms with Crippen LogP contribution in [0.2, 0.25) is 0 Å². The van der Waals surface area contributed by atoms with Crippen LogP contribution in [0.25, 0.3) is 0 Å². The van der Waals surface area contributed by atoms with E-state index >= 15 is 0 Å². The summed E-state index contributed by atoms with van der Waals surface area (Å²) < 4.78 is 96.1. The van der Waals surface area contributed by atoms with Gasteiger partial charge in [0.25, 0.3) is 9.05 Å². The first-order chi connectivity index (χ1) is 8.26. The van der Waals surface area contributed by atoms with E-state index in [0.29, 0.717) is 6.07 Å². The number of rotatable bonds is 1. The molecule has 0 radical (unpaired) electrons. The molecule has 0 bridgehead atoms. The molecule has 0 atom stereocenters. The second kappa shape index (κ2) is 4.81. The van der Waals surface area contributed by atoms with Gasteiger partial charge in [0.05, 0.1) is 20.5 Å². The second-order valence-corrected chi connectivity index (χ2v) is 6.56. The molecule has 2 nitrogen and oxygen atoms in total. The molecule has 0 unspecified atom stereocenters. The van der Waals surface area contributed by atoms with Crippen LogP contribution < -0.4 is 0 Å². The van der Waals surface area contributed by atoms with Gasteiger partial charge in [-0.05, 0) is 28.1 Å². The largest absolute Gasteiger partial charge is 0.418 e.